The number of aromatic nitrogens is 1. The average molecular weight is 610 g/mol. The van der Waals surface area contributed by atoms with E-state index < -0.39 is 16.1 Å². The summed E-state index contributed by atoms with van der Waals surface area (Å²) in [5.74, 6) is 2.18. The van der Waals surface area contributed by atoms with Gasteiger partial charge in [0.15, 0.2) is 5.13 Å². The third-order valence-corrected chi connectivity index (χ3v) is 12.6. The molecule has 40 heavy (non-hydrogen) atoms. The van der Waals surface area contributed by atoms with Gasteiger partial charge in [-0.1, -0.05) is 20.8 Å². The molecule has 2 aromatic rings. The maximum absolute atomic E-state index is 13.4. The fraction of sp³-hybridized carbons (Fsp3) is 0.643. The van der Waals surface area contributed by atoms with Gasteiger partial charge in [-0.3, -0.25) is 9.52 Å². The van der Waals surface area contributed by atoms with Crippen LogP contribution in [0.3, 0.4) is 0 Å². The van der Waals surface area contributed by atoms with Crippen molar-refractivity contribution in [3.05, 3.63) is 28.8 Å². The highest BCUT2D eigenvalue weighted by Crippen LogP contribution is 2.57. The van der Waals surface area contributed by atoms with Crippen molar-refractivity contribution in [2.75, 3.05) is 43.5 Å². The number of fused-ring (bicyclic) bond motifs is 2. The lowest BCUT2D eigenvalue weighted by Gasteiger charge is -2.53. The van der Waals surface area contributed by atoms with Gasteiger partial charge in [-0.25, -0.2) is 13.4 Å². The Bertz CT molecular complexity index is 1360. The molecule has 2 aliphatic carbocycles. The highest BCUT2D eigenvalue weighted by atomic mass is 32.2. The summed E-state index contributed by atoms with van der Waals surface area (Å²) >= 11 is 3.23. The number of carbonyl (C=O) groups excluding carboxylic acids is 1. The van der Waals surface area contributed by atoms with E-state index in [1.807, 2.05) is 23.6 Å². The molecule has 1 saturated carbocycles. The number of benzene rings is 1. The van der Waals surface area contributed by atoms with Gasteiger partial charge < -0.3 is 19.5 Å². The van der Waals surface area contributed by atoms with Crippen LogP contribution < -0.4 is 14.2 Å². The number of nitrogens with zero attached hydrogens (tertiary/aromatic N) is 2. The molecule has 9 nitrogen and oxygen atoms in total. The summed E-state index contributed by atoms with van der Waals surface area (Å²) in [6.07, 6.45) is 1.77. The molecule has 2 N–H and O–H groups in total. The number of thioether (sulfide) groups is 1. The molecule has 0 bridgehead atoms. The van der Waals surface area contributed by atoms with Crippen molar-refractivity contribution >= 4 is 44.2 Å². The van der Waals surface area contributed by atoms with E-state index in [-0.39, 0.29) is 45.6 Å². The van der Waals surface area contributed by atoms with E-state index >= 15 is 0 Å². The van der Waals surface area contributed by atoms with Crippen LogP contribution in [-0.2, 0) is 21.2 Å². The quantitative estimate of drug-likeness (QED) is 0.479. The number of amides is 1. The van der Waals surface area contributed by atoms with Gasteiger partial charge in [-0.2, -0.15) is 11.8 Å². The molecule has 12 heteroatoms. The average Bonchev–Trinajstić information content (AvgIpc) is 3.33. The summed E-state index contributed by atoms with van der Waals surface area (Å²) in [6, 6.07) is 4.62. The second kappa shape index (κ2) is 11.3. The molecule has 6 atom stereocenters. The predicted octanol–water partition coefficient (Wildman–Crippen LogP) is 4.23. The predicted molar refractivity (Wildman–Crippen MR) is 158 cm³/mol. The Morgan fingerprint density at radius 1 is 1.25 bits per heavy atom. The van der Waals surface area contributed by atoms with Crippen LogP contribution in [0.5, 0.6) is 11.5 Å². The number of nitrogens with one attached hydrogen (secondary N) is 1. The summed E-state index contributed by atoms with van der Waals surface area (Å²) in [6.45, 7) is 7.81. The summed E-state index contributed by atoms with van der Waals surface area (Å²) in [5, 5.41) is 12.0. The minimum Gasteiger partial charge on any atom is -0.497 e. The number of anilines is 1. The lowest BCUT2D eigenvalue weighted by molar-refractivity contribution is -0.144. The molecule has 1 aromatic carbocycles. The zero-order chi connectivity index (χ0) is 28.8. The lowest BCUT2D eigenvalue weighted by atomic mass is 9.53. The third kappa shape index (κ3) is 5.32. The largest absolute Gasteiger partial charge is 0.497 e. The van der Waals surface area contributed by atoms with Gasteiger partial charge in [0, 0.05) is 47.4 Å². The molecule has 1 aliphatic heterocycles. The van der Waals surface area contributed by atoms with Crippen molar-refractivity contribution in [1.82, 2.24) is 9.88 Å². The number of methoxy groups -OCH3 is 2. The molecule has 1 saturated heterocycles. The summed E-state index contributed by atoms with van der Waals surface area (Å²) in [7, 11) is -1.10. The van der Waals surface area contributed by atoms with Crippen molar-refractivity contribution in [1.29, 1.82) is 0 Å². The Morgan fingerprint density at radius 2 is 1.98 bits per heavy atom. The van der Waals surface area contributed by atoms with E-state index in [2.05, 4.69) is 18.6 Å². The van der Waals surface area contributed by atoms with E-state index in [0.717, 1.165) is 48.0 Å². The SMILES string of the molecule is COc1ccc(OC)c(S(=O)(=O)Nc2nc3c(s2)C[C@]2(C)CC[C@@H]([C@H](C)C(=O)N4CCSCC4)[C@H](O)[C@H]2[C@@H]3C)c1. The van der Waals surface area contributed by atoms with Crippen molar-refractivity contribution in [3.8, 4) is 11.5 Å². The maximum Gasteiger partial charge on any atom is 0.267 e. The van der Waals surface area contributed by atoms with Crippen LogP contribution in [0.4, 0.5) is 5.13 Å². The van der Waals surface area contributed by atoms with E-state index in [9.17, 15) is 18.3 Å². The van der Waals surface area contributed by atoms with Crippen LogP contribution in [0.2, 0.25) is 0 Å². The molecular weight excluding hydrogens is 571 g/mol. The first-order chi connectivity index (χ1) is 19.0. The van der Waals surface area contributed by atoms with Crippen molar-refractivity contribution < 1.29 is 27.8 Å². The normalized spacial score (nSPS) is 29.2. The van der Waals surface area contributed by atoms with E-state index in [0.29, 0.717) is 17.3 Å². The smallest absolute Gasteiger partial charge is 0.267 e. The topological polar surface area (TPSA) is 118 Å². The number of aliphatic hydroxyl groups excluding tert-OH is 1. The summed E-state index contributed by atoms with van der Waals surface area (Å²) in [4.78, 5) is 21.0. The van der Waals surface area contributed by atoms with E-state index in [4.69, 9.17) is 14.5 Å². The molecule has 0 spiro atoms. The summed E-state index contributed by atoms with van der Waals surface area (Å²) in [5.41, 5.74) is 0.667. The van der Waals surface area contributed by atoms with Crippen molar-refractivity contribution in [2.24, 2.45) is 23.2 Å². The highest BCUT2D eigenvalue weighted by molar-refractivity contribution is 7.99. The van der Waals surface area contributed by atoms with Gasteiger partial charge in [0.2, 0.25) is 5.91 Å². The van der Waals surface area contributed by atoms with Crippen LogP contribution in [0.25, 0.3) is 0 Å². The molecule has 0 unspecified atom stereocenters. The molecule has 1 aromatic heterocycles. The number of hydrogen-bond donors (Lipinski definition) is 2. The second-order valence-corrected chi connectivity index (χ2v) is 15.5. The van der Waals surface area contributed by atoms with Crippen molar-refractivity contribution in [2.45, 2.75) is 57.0 Å². The molecule has 5 rings (SSSR count). The molecule has 0 radical (unpaired) electrons. The number of sulfonamides is 1. The Balaban J connectivity index is 1.38. The Kier molecular flexibility index (Phi) is 8.35. The Labute approximate surface area is 245 Å². The van der Waals surface area contributed by atoms with Gasteiger partial charge in [-0.15, -0.1) is 11.3 Å². The lowest BCUT2D eigenvalue weighted by Crippen LogP contribution is -2.54. The standard InChI is InChI=1S/C28H39N3O6S3/c1-16(26(33)31-10-12-38-13-11-31)19-8-9-28(3)15-21-24(17(2)23(28)25(19)32)29-27(39-21)30-40(34,35)22-14-18(36-4)6-7-20(22)37-5/h6-7,14,16-17,19,23,25,32H,8-13,15H2,1-5H3,(H,29,30)/t16-,17-,19-,23+,25-,28-/m0/s1. The highest BCUT2D eigenvalue weighted by Gasteiger charge is 2.54. The van der Waals surface area contributed by atoms with E-state index in [1.54, 1.807) is 12.1 Å². The monoisotopic (exact) mass is 609 g/mol. The molecule has 2 fully saturated rings. The second-order valence-electron chi connectivity index (χ2n) is 11.5. The molecule has 1 amide bonds. The van der Waals surface area contributed by atoms with Gasteiger partial charge in [-0.05, 0) is 48.6 Å². The van der Waals surface area contributed by atoms with Crippen LogP contribution in [0.15, 0.2) is 23.1 Å². The zero-order valence-electron chi connectivity index (χ0n) is 23.7. The fourth-order valence-corrected chi connectivity index (χ4v) is 10.6. The van der Waals surface area contributed by atoms with Crippen LogP contribution >= 0.6 is 23.1 Å². The molecule has 3 aliphatic rings. The first-order valence-electron chi connectivity index (χ1n) is 13.8. The fourth-order valence-electron chi connectivity index (χ4n) is 7.01. The first kappa shape index (κ1) is 29.5. The molecule has 220 valence electrons. The molecular formula is C28H39N3O6S3. The van der Waals surface area contributed by atoms with Gasteiger partial charge in [0.05, 0.1) is 26.0 Å². The minimum absolute atomic E-state index is 0.0274. The van der Waals surface area contributed by atoms with Gasteiger partial charge in [0.25, 0.3) is 10.0 Å². The van der Waals surface area contributed by atoms with Gasteiger partial charge in [0.1, 0.15) is 16.4 Å². The number of hydrogen-bond acceptors (Lipinski definition) is 9. The first-order valence-corrected chi connectivity index (χ1v) is 17.2. The zero-order valence-corrected chi connectivity index (χ0v) is 26.1. The third-order valence-electron chi connectivity index (χ3n) is 9.16. The number of thiazole rings is 1. The number of ether oxygens (including phenoxy) is 2. The molecule has 2 heterocycles. The Hall–Kier alpha value is -2.02. The van der Waals surface area contributed by atoms with Crippen molar-refractivity contribution in [3.63, 3.8) is 0 Å². The minimum atomic E-state index is -4.00. The number of rotatable bonds is 7. The van der Waals surface area contributed by atoms with Crippen LogP contribution in [0.1, 0.15) is 50.1 Å². The Morgan fingerprint density at radius 3 is 2.65 bits per heavy atom. The van der Waals surface area contributed by atoms with E-state index in [1.165, 1.54) is 31.6 Å². The number of carbonyl (C=O) groups is 1. The summed E-state index contributed by atoms with van der Waals surface area (Å²) < 4.78 is 39.9. The number of aliphatic hydroxyl groups is 1. The van der Waals surface area contributed by atoms with Gasteiger partial charge >= 0.3 is 0 Å². The van der Waals surface area contributed by atoms with Crippen LogP contribution in [0, 0.1) is 23.2 Å². The van der Waals surface area contributed by atoms with Crippen LogP contribution in [-0.4, -0.2) is 74.2 Å². The maximum atomic E-state index is 13.4.